The number of pyridine rings is 1. The normalized spacial score (nSPS) is 11.1. The molecule has 0 fully saturated rings. The molecular formula is C15H18N6O. The predicted molar refractivity (Wildman–Crippen MR) is 83.8 cm³/mol. The van der Waals surface area contributed by atoms with Crippen molar-refractivity contribution in [3.63, 3.8) is 0 Å². The van der Waals surface area contributed by atoms with Crippen molar-refractivity contribution in [3.8, 4) is 5.75 Å². The molecule has 0 spiro atoms. The number of aromatic nitrogens is 5. The van der Waals surface area contributed by atoms with Crippen LogP contribution in [0.15, 0.2) is 12.5 Å². The van der Waals surface area contributed by atoms with Gasteiger partial charge in [0.15, 0.2) is 5.65 Å². The van der Waals surface area contributed by atoms with Gasteiger partial charge in [-0.3, -0.25) is 4.98 Å². The number of aryl methyl sites for hydroxylation is 2. The predicted octanol–water partition coefficient (Wildman–Crippen LogP) is 1.79. The molecule has 0 aliphatic rings. The molecule has 0 amide bonds. The Balaban J connectivity index is 2.08. The summed E-state index contributed by atoms with van der Waals surface area (Å²) >= 11 is 0. The second kappa shape index (κ2) is 5.25. The van der Waals surface area contributed by atoms with Crippen LogP contribution in [-0.2, 0) is 6.54 Å². The fourth-order valence-electron chi connectivity index (χ4n) is 2.61. The number of fused-ring (bicyclic) bond motifs is 1. The Hall–Kier alpha value is -2.70. The van der Waals surface area contributed by atoms with Gasteiger partial charge in [0, 0.05) is 6.20 Å². The monoisotopic (exact) mass is 298 g/mol. The zero-order chi connectivity index (χ0) is 15.9. The first kappa shape index (κ1) is 14.2. The van der Waals surface area contributed by atoms with Gasteiger partial charge in [0.1, 0.15) is 11.3 Å². The van der Waals surface area contributed by atoms with Gasteiger partial charge in [0.25, 0.3) is 0 Å². The van der Waals surface area contributed by atoms with Crippen LogP contribution in [0.2, 0.25) is 0 Å². The van der Waals surface area contributed by atoms with E-state index in [-0.39, 0.29) is 5.95 Å². The van der Waals surface area contributed by atoms with E-state index in [4.69, 9.17) is 10.5 Å². The van der Waals surface area contributed by atoms with Crippen molar-refractivity contribution in [2.75, 3.05) is 12.8 Å². The maximum absolute atomic E-state index is 5.75. The Morgan fingerprint density at radius 1 is 1.14 bits per heavy atom. The van der Waals surface area contributed by atoms with Crippen molar-refractivity contribution in [3.05, 3.63) is 35.0 Å². The Bertz CT molecular complexity index is 855. The van der Waals surface area contributed by atoms with Gasteiger partial charge in [-0.1, -0.05) is 0 Å². The minimum absolute atomic E-state index is 0.253. The maximum atomic E-state index is 5.75. The Morgan fingerprint density at radius 3 is 2.64 bits per heavy atom. The van der Waals surface area contributed by atoms with Gasteiger partial charge in [-0.05, 0) is 31.9 Å². The van der Waals surface area contributed by atoms with E-state index in [0.717, 1.165) is 39.4 Å². The highest BCUT2D eigenvalue weighted by atomic mass is 16.5. The Kier molecular flexibility index (Phi) is 3.40. The molecule has 3 rings (SSSR count). The van der Waals surface area contributed by atoms with Crippen LogP contribution in [0.1, 0.15) is 22.5 Å². The summed E-state index contributed by atoms with van der Waals surface area (Å²) in [6, 6.07) is 0. The summed E-state index contributed by atoms with van der Waals surface area (Å²) in [4.78, 5) is 17.2. The molecule has 0 radical (unpaired) electrons. The number of hydrogen-bond acceptors (Lipinski definition) is 6. The van der Waals surface area contributed by atoms with E-state index in [2.05, 4.69) is 19.9 Å². The van der Waals surface area contributed by atoms with Gasteiger partial charge >= 0.3 is 0 Å². The van der Waals surface area contributed by atoms with Crippen LogP contribution < -0.4 is 10.5 Å². The molecule has 3 aromatic heterocycles. The first-order valence-electron chi connectivity index (χ1n) is 6.95. The fraction of sp³-hybridized carbons (Fsp3) is 0.333. The molecular weight excluding hydrogens is 280 g/mol. The summed E-state index contributed by atoms with van der Waals surface area (Å²) in [6.07, 6.45) is 3.61. The molecule has 3 heterocycles. The van der Waals surface area contributed by atoms with Crippen LogP contribution in [0.3, 0.4) is 0 Å². The van der Waals surface area contributed by atoms with E-state index in [0.29, 0.717) is 6.54 Å². The zero-order valence-corrected chi connectivity index (χ0v) is 13.1. The highest BCUT2D eigenvalue weighted by Crippen LogP contribution is 2.25. The summed E-state index contributed by atoms with van der Waals surface area (Å²) in [5.74, 6) is 1.07. The SMILES string of the molecule is COc1c(C)ncc(Cn2cnc3c(C)nc(N)nc32)c1C. The number of ether oxygens (including phenoxy) is 1. The maximum Gasteiger partial charge on any atom is 0.222 e. The number of rotatable bonds is 3. The van der Waals surface area contributed by atoms with Crippen LogP contribution in [0.5, 0.6) is 5.75 Å². The molecule has 0 aliphatic heterocycles. The molecule has 0 unspecified atom stereocenters. The van der Waals surface area contributed by atoms with Gasteiger partial charge < -0.3 is 15.0 Å². The van der Waals surface area contributed by atoms with E-state index < -0.39 is 0 Å². The third-order valence-electron chi connectivity index (χ3n) is 3.77. The summed E-state index contributed by atoms with van der Waals surface area (Å²) in [5, 5.41) is 0. The number of hydrogen-bond donors (Lipinski definition) is 1. The lowest BCUT2D eigenvalue weighted by Crippen LogP contribution is -2.06. The van der Waals surface area contributed by atoms with E-state index in [1.807, 2.05) is 31.5 Å². The molecule has 2 N–H and O–H groups in total. The van der Waals surface area contributed by atoms with Crippen molar-refractivity contribution >= 4 is 17.1 Å². The number of imidazole rings is 1. The minimum atomic E-state index is 0.253. The van der Waals surface area contributed by atoms with Crippen molar-refractivity contribution in [2.45, 2.75) is 27.3 Å². The Labute approximate surface area is 128 Å². The van der Waals surface area contributed by atoms with Crippen LogP contribution in [-0.4, -0.2) is 31.6 Å². The van der Waals surface area contributed by atoms with Gasteiger partial charge in [-0.25, -0.2) is 9.97 Å². The van der Waals surface area contributed by atoms with Gasteiger partial charge in [-0.15, -0.1) is 0 Å². The quantitative estimate of drug-likeness (QED) is 0.792. The average molecular weight is 298 g/mol. The molecule has 22 heavy (non-hydrogen) atoms. The minimum Gasteiger partial charge on any atom is -0.495 e. The van der Waals surface area contributed by atoms with Crippen LogP contribution in [0.4, 0.5) is 5.95 Å². The summed E-state index contributed by atoms with van der Waals surface area (Å²) in [6.45, 7) is 6.43. The van der Waals surface area contributed by atoms with Crippen molar-refractivity contribution in [1.29, 1.82) is 0 Å². The average Bonchev–Trinajstić information content (AvgIpc) is 2.86. The topological polar surface area (TPSA) is 91.7 Å². The lowest BCUT2D eigenvalue weighted by Gasteiger charge is -2.13. The van der Waals surface area contributed by atoms with Crippen molar-refractivity contribution in [2.24, 2.45) is 0 Å². The zero-order valence-electron chi connectivity index (χ0n) is 13.1. The molecule has 0 aromatic carbocycles. The standard InChI is InChI=1S/C15H18N6O/c1-8-11(5-17-10(3)13(8)22-4)6-21-7-18-12-9(2)19-15(16)20-14(12)21/h5,7H,6H2,1-4H3,(H2,16,19,20). The van der Waals surface area contributed by atoms with Gasteiger partial charge in [0.05, 0.1) is 31.4 Å². The first-order chi connectivity index (χ1) is 10.5. The highest BCUT2D eigenvalue weighted by molar-refractivity contribution is 5.74. The third kappa shape index (κ3) is 2.24. The largest absolute Gasteiger partial charge is 0.495 e. The number of nitrogens with zero attached hydrogens (tertiary/aromatic N) is 5. The van der Waals surface area contributed by atoms with Crippen LogP contribution in [0.25, 0.3) is 11.2 Å². The number of nitrogen functional groups attached to an aromatic ring is 1. The number of anilines is 1. The number of methoxy groups -OCH3 is 1. The van der Waals surface area contributed by atoms with Crippen LogP contribution in [0, 0.1) is 20.8 Å². The third-order valence-corrected chi connectivity index (χ3v) is 3.77. The molecule has 7 nitrogen and oxygen atoms in total. The first-order valence-corrected chi connectivity index (χ1v) is 6.95. The number of nitrogens with two attached hydrogens (primary N) is 1. The second-order valence-corrected chi connectivity index (χ2v) is 5.24. The van der Waals surface area contributed by atoms with Crippen molar-refractivity contribution in [1.82, 2.24) is 24.5 Å². The molecule has 0 bridgehead atoms. The van der Waals surface area contributed by atoms with E-state index in [1.165, 1.54) is 0 Å². The second-order valence-electron chi connectivity index (χ2n) is 5.24. The van der Waals surface area contributed by atoms with Crippen LogP contribution >= 0.6 is 0 Å². The Morgan fingerprint density at radius 2 is 1.91 bits per heavy atom. The van der Waals surface area contributed by atoms with Gasteiger partial charge in [-0.2, -0.15) is 4.98 Å². The molecule has 0 aliphatic carbocycles. The van der Waals surface area contributed by atoms with Gasteiger partial charge in [0.2, 0.25) is 5.95 Å². The summed E-state index contributed by atoms with van der Waals surface area (Å²) < 4.78 is 7.37. The van der Waals surface area contributed by atoms with E-state index in [9.17, 15) is 0 Å². The molecule has 0 saturated heterocycles. The molecule has 0 saturated carbocycles. The lowest BCUT2D eigenvalue weighted by molar-refractivity contribution is 0.405. The molecule has 3 aromatic rings. The van der Waals surface area contributed by atoms with E-state index >= 15 is 0 Å². The smallest absolute Gasteiger partial charge is 0.222 e. The van der Waals surface area contributed by atoms with E-state index in [1.54, 1.807) is 13.4 Å². The summed E-state index contributed by atoms with van der Waals surface area (Å²) in [5.41, 5.74) is 11.0. The van der Waals surface area contributed by atoms with Crippen molar-refractivity contribution < 1.29 is 4.74 Å². The molecule has 7 heteroatoms. The lowest BCUT2D eigenvalue weighted by atomic mass is 10.1. The molecule has 114 valence electrons. The highest BCUT2D eigenvalue weighted by Gasteiger charge is 2.13. The molecule has 0 atom stereocenters. The summed E-state index contributed by atoms with van der Waals surface area (Å²) in [7, 11) is 1.66. The fourth-order valence-corrected chi connectivity index (χ4v) is 2.61.